The molecular formula is C18H24N4O4. The van der Waals surface area contributed by atoms with E-state index >= 15 is 0 Å². The summed E-state index contributed by atoms with van der Waals surface area (Å²) in [4.78, 5) is 42.2. The van der Waals surface area contributed by atoms with Crippen molar-refractivity contribution in [3.63, 3.8) is 0 Å². The average Bonchev–Trinajstić information content (AvgIpc) is 2.63. The zero-order chi connectivity index (χ0) is 19.4. The molecule has 2 aromatic rings. The molecule has 8 nitrogen and oxygen atoms in total. The van der Waals surface area contributed by atoms with Gasteiger partial charge in [0.1, 0.15) is 11.4 Å². The Morgan fingerprint density at radius 3 is 2.46 bits per heavy atom. The molecule has 0 atom stereocenters. The topological polar surface area (TPSA) is 94.4 Å². The molecule has 0 spiro atoms. The van der Waals surface area contributed by atoms with Crippen LogP contribution in [0.25, 0.3) is 0 Å². The Morgan fingerprint density at radius 1 is 1.15 bits per heavy atom. The van der Waals surface area contributed by atoms with E-state index in [0.29, 0.717) is 5.69 Å². The maximum absolute atomic E-state index is 12.5. The Hall–Kier alpha value is -2.87. The summed E-state index contributed by atoms with van der Waals surface area (Å²) in [7, 11) is 2.82. The molecule has 0 saturated carbocycles. The molecule has 1 heterocycles. The molecule has 0 radical (unpaired) electrons. The molecule has 2 N–H and O–H groups in total. The summed E-state index contributed by atoms with van der Waals surface area (Å²) >= 11 is 0. The van der Waals surface area contributed by atoms with Gasteiger partial charge >= 0.3 is 5.69 Å². The van der Waals surface area contributed by atoms with Crippen LogP contribution < -0.4 is 22.0 Å². The van der Waals surface area contributed by atoms with E-state index in [9.17, 15) is 14.4 Å². The van der Waals surface area contributed by atoms with Crippen molar-refractivity contribution in [2.24, 2.45) is 14.1 Å². The smallest absolute Gasteiger partial charge is 0.332 e. The normalized spacial score (nSPS) is 10.7. The summed E-state index contributed by atoms with van der Waals surface area (Å²) < 4.78 is 2.12. The molecule has 140 valence electrons. The van der Waals surface area contributed by atoms with Crippen LogP contribution in [0.2, 0.25) is 0 Å². The van der Waals surface area contributed by atoms with Gasteiger partial charge in [0.25, 0.3) is 11.5 Å². The highest BCUT2D eigenvalue weighted by Crippen LogP contribution is 2.21. The third-order valence-corrected chi connectivity index (χ3v) is 4.19. The molecule has 1 amide bonds. The van der Waals surface area contributed by atoms with Gasteiger partial charge < -0.3 is 5.32 Å². The second kappa shape index (κ2) is 8.01. The van der Waals surface area contributed by atoms with Crippen molar-refractivity contribution in [2.75, 3.05) is 11.9 Å². The number of benzene rings is 1. The molecule has 26 heavy (non-hydrogen) atoms. The SMILES string of the molecule is CCONC(=O)c1c(Nc2ccc(C)c(CC)c2)n(C)c(=O)n(C)c1=O. The van der Waals surface area contributed by atoms with Crippen LogP contribution in [-0.2, 0) is 25.4 Å². The number of nitrogens with one attached hydrogen (secondary N) is 2. The molecule has 0 saturated heterocycles. The van der Waals surface area contributed by atoms with Crippen molar-refractivity contribution in [3.05, 3.63) is 55.7 Å². The lowest BCUT2D eigenvalue weighted by Crippen LogP contribution is -2.43. The molecular weight excluding hydrogens is 336 g/mol. The summed E-state index contributed by atoms with van der Waals surface area (Å²) in [6.07, 6.45) is 0.842. The van der Waals surface area contributed by atoms with Gasteiger partial charge in [-0.1, -0.05) is 13.0 Å². The third-order valence-electron chi connectivity index (χ3n) is 4.19. The predicted molar refractivity (Wildman–Crippen MR) is 99.9 cm³/mol. The lowest BCUT2D eigenvalue weighted by Gasteiger charge is -2.17. The van der Waals surface area contributed by atoms with E-state index in [4.69, 9.17) is 4.84 Å². The van der Waals surface area contributed by atoms with E-state index in [1.54, 1.807) is 6.92 Å². The van der Waals surface area contributed by atoms with E-state index in [0.717, 1.165) is 22.1 Å². The van der Waals surface area contributed by atoms with Gasteiger partial charge in [-0.05, 0) is 43.5 Å². The average molecular weight is 360 g/mol. The fourth-order valence-corrected chi connectivity index (χ4v) is 2.65. The van der Waals surface area contributed by atoms with E-state index in [-0.39, 0.29) is 18.0 Å². The van der Waals surface area contributed by atoms with Crippen molar-refractivity contribution in [3.8, 4) is 0 Å². The monoisotopic (exact) mass is 360 g/mol. The van der Waals surface area contributed by atoms with Crippen LogP contribution in [0.3, 0.4) is 0 Å². The third kappa shape index (κ3) is 3.70. The Balaban J connectivity index is 2.61. The number of amides is 1. The molecule has 0 fully saturated rings. The van der Waals surface area contributed by atoms with Gasteiger partial charge in [-0.3, -0.25) is 23.6 Å². The van der Waals surface area contributed by atoms with E-state index in [2.05, 4.69) is 10.8 Å². The van der Waals surface area contributed by atoms with Crippen LogP contribution >= 0.6 is 0 Å². The second-order valence-corrected chi connectivity index (χ2v) is 5.91. The quantitative estimate of drug-likeness (QED) is 0.759. The van der Waals surface area contributed by atoms with Gasteiger partial charge in [0, 0.05) is 19.8 Å². The molecule has 1 aromatic heterocycles. The molecule has 1 aromatic carbocycles. The van der Waals surface area contributed by atoms with Crippen LogP contribution in [0, 0.1) is 6.92 Å². The number of rotatable bonds is 6. The molecule has 0 aliphatic rings. The maximum atomic E-state index is 12.5. The molecule has 0 bridgehead atoms. The van der Waals surface area contributed by atoms with Gasteiger partial charge in [-0.2, -0.15) is 0 Å². The fourth-order valence-electron chi connectivity index (χ4n) is 2.65. The molecule has 0 unspecified atom stereocenters. The summed E-state index contributed by atoms with van der Waals surface area (Å²) in [5.41, 5.74) is 3.74. The predicted octanol–water partition coefficient (Wildman–Crippen LogP) is 1.38. The minimum absolute atomic E-state index is 0.112. The summed E-state index contributed by atoms with van der Waals surface area (Å²) in [5, 5.41) is 3.04. The van der Waals surface area contributed by atoms with Crippen molar-refractivity contribution in [2.45, 2.75) is 27.2 Å². The second-order valence-electron chi connectivity index (χ2n) is 5.91. The standard InChI is InChI=1S/C18H24N4O4/c1-6-12-10-13(9-8-11(12)3)19-15-14(16(23)20-26-7-2)17(24)22(5)18(25)21(15)4/h8-10,19H,6-7H2,1-5H3,(H,20,23). The van der Waals surface area contributed by atoms with Gasteiger partial charge in [0.05, 0.1) is 6.61 Å². The highest BCUT2D eigenvalue weighted by molar-refractivity contribution is 5.98. The van der Waals surface area contributed by atoms with Gasteiger partial charge in [0.15, 0.2) is 0 Å². The number of nitrogens with zero attached hydrogens (tertiary/aromatic N) is 2. The van der Waals surface area contributed by atoms with Gasteiger partial charge in [-0.25, -0.2) is 10.3 Å². The number of hydroxylamine groups is 1. The van der Waals surface area contributed by atoms with E-state index in [1.165, 1.54) is 18.7 Å². The lowest BCUT2D eigenvalue weighted by molar-refractivity contribution is 0.0363. The number of carbonyl (C=O) groups is 1. The number of hydrogen-bond donors (Lipinski definition) is 2. The maximum Gasteiger partial charge on any atom is 0.332 e. The van der Waals surface area contributed by atoms with Crippen molar-refractivity contribution < 1.29 is 9.63 Å². The highest BCUT2D eigenvalue weighted by Gasteiger charge is 2.22. The Morgan fingerprint density at radius 2 is 1.85 bits per heavy atom. The van der Waals surface area contributed by atoms with Crippen molar-refractivity contribution >= 4 is 17.4 Å². The molecule has 0 aliphatic carbocycles. The number of anilines is 2. The van der Waals surface area contributed by atoms with Crippen LogP contribution in [0.15, 0.2) is 27.8 Å². The summed E-state index contributed by atoms with van der Waals surface area (Å²) in [6, 6.07) is 5.71. The molecule has 8 heteroatoms. The zero-order valence-corrected chi connectivity index (χ0v) is 15.7. The van der Waals surface area contributed by atoms with Crippen LogP contribution in [-0.4, -0.2) is 21.6 Å². The van der Waals surface area contributed by atoms with Crippen molar-refractivity contribution in [1.29, 1.82) is 0 Å². The van der Waals surface area contributed by atoms with Crippen molar-refractivity contribution in [1.82, 2.24) is 14.6 Å². The lowest BCUT2D eigenvalue weighted by atomic mass is 10.1. The Labute approximate surface area is 151 Å². The minimum atomic E-state index is -0.714. The number of carbonyl (C=O) groups excluding carboxylic acids is 1. The van der Waals surface area contributed by atoms with Crippen LogP contribution in [0.1, 0.15) is 35.3 Å². The molecule has 0 aliphatic heterocycles. The Bertz CT molecular complexity index is 943. The number of aryl methyl sites for hydroxylation is 2. The zero-order valence-electron chi connectivity index (χ0n) is 15.7. The minimum Gasteiger partial charge on any atom is -0.341 e. The first-order valence-electron chi connectivity index (χ1n) is 8.40. The van der Waals surface area contributed by atoms with Gasteiger partial charge in [-0.15, -0.1) is 0 Å². The molecule has 2 rings (SSSR count). The Kier molecular flexibility index (Phi) is 5.99. The first-order chi connectivity index (χ1) is 12.3. The first-order valence-corrected chi connectivity index (χ1v) is 8.40. The van der Waals surface area contributed by atoms with Crippen LogP contribution in [0.5, 0.6) is 0 Å². The summed E-state index contributed by atoms with van der Waals surface area (Å²) in [6.45, 7) is 6.01. The van der Waals surface area contributed by atoms with Gasteiger partial charge in [0.2, 0.25) is 0 Å². The first kappa shape index (κ1) is 19.5. The fraction of sp³-hybridized carbons (Fsp3) is 0.389. The highest BCUT2D eigenvalue weighted by atomic mass is 16.6. The summed E-state index contributed by atoms with van der Waals surface area (Å²) in [5.74, 6) is -0.602. The van der Waals surface area contributed by atoms with E-state index < -0.39 is 17.2 Å². The number of hydrogen-bond acceptors (Lipinski definition) is 5. The largest absolute Gasteiger partial charge is 0.341 e. The van der Waals surface area contributed by atoms with E-state index in [1.807, 2.05) is 32.0 Å². The van der Waals surface area contributed by atoms with Crippen LogP contribution in [0.4, 0.5) is 11.5 Å². The number of aromatic nitrogens is 2.